The maximum atomic E-state index is 6.09. The molecule has 84 valence electrons. The van der Waals surface area contributed by atoms with E-state index < -0.39 is 0 Å². The molecule has 0 N–H and O–H groups in total. The van der Waals surface area contributed by atoms with E-state index in [-0.39, 0.29) is 6.10 Å². The molecule has 0 bridgehead atoms. The second-order valence-corrected chi connectivity index (χ2v) is 3.78. The molecule has 1 aromatic heterocycles. The molecular formula is C11H17ClN2O. The summed E-state index contributed by atoms with van der Waals surface area (Å²) in [5.41, 5.74) is 1.97. The Morgan fingerprint density at radius 3 is 2.40 bits per heavy atom. The van der Waals surface area contributed by atoms with Crippen LogP contribution in [-0.4, -0.2) is 17.1 Å². The minimum absolute atomic E-state index is 0.0629. The van der Waals surface area contributed by atoms with Gasteiger partial charge in [-0.05, 0) is 19.8 Å². The van der Waals surface area contributed by atoms with Gasteiger partial charge in [0.05, 0.1) is 0 Å². The standard InChI is InChI=1S/C11H17ClN2O/c1-5-8-7(3)13-11(14-10(8)12)9(6-2)15-4/h9H,5-6H2,1-4H3. The third-order valence-corrected chi connectivity index (χ3v) is 2.79. The van der Waals surface area contributed by atoms with Crippen molar-refractivity contribution in [2.45, 2.75) is 39.7 Å². The average molecular weight is 229 g/mol. The first-order chi connectivity index (χ1) is 7.13. The minimum Gasteiger partial charge on any atom is -0.373 e. The zero-order valence-electron chi connectivity index (χ0n) is 9.67. The van der Waals surface area contributed by atoms with Gasteiger partial charge in [0.1, 0.15) is 11.3 Å². The summed E-state index contributed by atoms with van der Waals surface area (Å²) in [6.45, 7) is 6.04. The summed E-state index contributed by atoms with van der Waals surface area (Å²) < 4.78 is 5.29. The molecule has 0 amide bonds. The van der Waals surface area contributed by atoms with Crippen molar-refractivity contribution < 1.29 is 4.74 Å². The minimum atomic E-state index is -0.0629. The van der Waals surface area contributed by atoms with Gasteiger partial charge in [0, 0.05) is 18.4 Å². The molecule has 1 unspecified atom stereocenters. The van der Waals surface area contributed by atoms with Gasteiger partial charge in [-0.25, -0.2) is 9.97 Å². The van der Waals surface area contributed by atoms with Crippen LogP contribution in [0.15, 0.2) is 0 Å². The second-order valence-electron chi connectivity index (χ2n) is 3.42. The zero-order valence-corrected chi connectivity index (χ0v) is 10.4. The largest absolute Gasteiger partial charge is 0.373 e. The predicted octanol–water partition coefficient (Wildman–Crippen LogP) is 3.10. The molecule has 0 aliphatic carbocycles. The molecule has 1 heterocycles. The Bertz CT molecular complexity index is 314. The van der Waals surface area contributed by atoms with Crippen molar-refractivity contribution in [3.63, 3.8) is 0 Å². The molecule has 3 nitrogen and oxygen atoms in total. The highest BCUT2D eigenvalue weighted by Crippen LogP contribution is 2.22. The number of nitrogens with zero attached hydrogens (tertiary/aromatic N) is 2. The molecule has 0 radical (unpaired) electrons. The second kappa shape index (κ2) is 5.42. The van der Waals surface area contributed by atoms with E-state index in [0.717, 1.165) is 24.1 Å². The Balaban J connectivity index is 3.12. The first-order valence-electron chi connectivity index (χ1n) is 5.19. The SMILES string of the molecule is CCc1c(C)nc(C(CC)OC)nc1Cl. The third-order valence-electron chi connectivity index (χ3n) is 2.48. The van der Waals surface area contributed by atoms with E-state index in [1.54, 1.807) is 7.11 Å². The van der Waals surface area contributed by atoms with Gasteiger partial charge in [0.15, 0.2) is 5.82 Å². The van der Waals surface area contributed by atoms with Crippen LogP contribution in [0, 0.1) is 6.92 Å². The summed E-state index contributed by atoms with van der Waals surface area (Å²) in [6.07, 6.45) is 1.64. The maximum Gasteiger partial charge on any atom is 0.159 e. The van der Waals surface area contributed by atoms with Crippen LogP contribution >= 0.6 is 11.6 Å². The Morgan fingerprint density at radius 1 is 1.33 bits per heavy atom. The van der Waals surface area contributed by atoms with Crippen LogP contribution < -0.4 is 0 Å². The van der Waals surface area contributed by atoms with Gasteiger partial charge in [0.2, 0.25) is 0 Å². The van der Waals surface area contributed by atoms with E-state index in [2.05, 4.69) is 9.97 Å². The summed E-state index contributed by atoms with van der Waals surface area (Å²) in [5, 5.41) is 0.551. The summed E-state index contributed by atoms with van der Waals surface area (Å²) in [4.78, 5) is 8.70. The summed E-state index contributed by atoms with van der Waals surface area (Å²) in [6, 6.07) is 0. The number of hydrogen-bond donors (Lipinski definition) is 0. The topological polar surface area (TPSA) is 35.0 Å². The Labute approximate surface area is 95.8 Å². The third kappa shape index (κ3) is 2.67. The average Bonchev–Trinajstić information content (AvgIpc) is 2.19. The monoisotopic (exact) mass is 228 g/mol. The molecule has 0 aromatic carbocycles. The lowest BCUT2D eigenvalue weighted by molar-refractivity contribution is 0.0924. The van der Waals surface area contributed by atoms with Gasteiger partial charge < -0.3 is 4.74 Å². The van der Waals surface area contributed by atoms with Crippen molar-refractivity contribution in [3.8, 4) is 0 Å². The first kappa shape index (κ1) is 12.4. The zero-order chi connectivity index (χ0) is 11.4. The molecule has 4 heteroatoms. The lowest BCUT2D eigenvalue weighted by atomic mass is 10.2. The van der Waals surface area contributed by atoms with Crippen LogP contribution in [0.25, 0.3) is 0 Å². The molecule has 0 saturated carbocycles. The molecule has 0 spiro atoms. The van der Waals surface area contributed by atoms with Crippen LogP contribution in [0.4, 0.5) is 0 Å². The van der Waals surface area contributed by atoms with Crippen LogP contribution in [0.1, 0.15) is 43.5 Å². The number of hydrogen-bond acceptors (Lipinski definition) is 3. The van der Waals surface area contributed by atoms with Crippen molar-refractivity contribution in [3.05, 3.63) is 22.2 Å². The van der Waals surface area contributed by atoms with E-state index in [9.17, 15) is 0 Å². The number of ether oxygens (including phenoxy) is 1. The van der Waals surface area contributed by atoms with Crippen LogP contribution in [0.5, 0.6) is 0 Å². The molecule has 0 aliphatic rings. The fraction of sp³-hybridized carbons (Fsp3) is 0.636. The molecule has 0 fully saturated rings. The first-order valence-corrected chi connectivity index (χ1v) is 5.57. The highest BCUT2D eigenvalue weighted by molar-refractivity contribution is 6.30. The maximum absolute atomic E-state index is 6.09. The van der Waals surface area contributed by atoms with Gasteiger partial charge in [0.25, 0.3) is 0 Å². The van der Waals surface area contributed by atoms with E-state index >= 15 is 0 Å². The van der Waals surface area contributed by atoms with Gasteiger partial charge in [-0.3, -0.25) is 0 Å². The Hall–Kier alpha value is -0.670. The van der Waals surface area contributed by atoms with Crippen LogP contribution in [0.3, 0.4) is 0 Å². The molecule has 0 aliphatic heterocycles. The van der Waals surface area contributed by atoms with Crippen molar-refractivity contribution in [2.24, 2.45) is 0 Å². The van der Waals surface area contributed by atoms with Gasteiger partial charge in [-0.1, -0.05) is 25.4 Å². The molecular weight excluding hydrogens is 212 g/mol. The van der Waals surface area contributed by atoms with E-state index in [0.29, 0.717) is 11.0 Å². The summed E-state index contributed by atoms with van der Waals surface area (Å²) in [5.74, 6) is 0.680. The molecule has 1 aromatic rings. The summed E-state index contributed by atoms with van der Waals surface area (Å²) >= 11 is 6.09. The highest BCUT2D eigenvalue weighted by Gasteiger charge is 2.15. The van der Waals surface area contributed by atoms with Gasteiger partial charge in [-0.2, -0.15) is 0 Å². The number of aryl methyl sites for hydroxylation is 1. The molecule has 15 heavy (non-hydrogen) atoms. The number of rotatable bonds is 4. The highest BCUT2D eigenvalue weighted by atomic mass is 35.5. The lowest BCUT2D eigenvalue weighted by Crippen LogP contribution is -2.09. The van der Waals surface area contributed by atoms with Crippen LogP contribution in [-0.2, 0) is 11.2 Å². The van der Waals surface area contributed by atoms with Crippen molar-refractivity contribution in [1.82, 2.24) is 9.97 Å². The van der Waals surface area contributed by atoms with Gasteiger partial charge >= 0.3 is 0 Å². The van der Waals surface area contributed by atoms with E-state index in [1.807, 2.05) is 20.8 Å². The Kier molecular flexibility index (Phi) is 4.48. The fourth-order valence-electron chi connectivity index (χ4n) is 1.58. The van der Waals surface area contributed by atoms with Gasteiger partial charge in [-0.15, -0.1) is 0 Å². The molecule has 1 atom stereocenters. The Morgan fingerprint density at radius 2 is 2.00 bits per heavy atom. The van der Waals surface area contributed by atoms with Crippen molar-refractivity contribution in [2.75, 3.05) is 7.11 Å². The fourth-order valence-corrected chi connectivity index (χ4v) is 1.94. The van der Waals surface area contributed by atoms with E-state index in [1.165, 1.54) is 0 Å². The smallest absolute Gasteiger partial charge is 0.159 e. The lowest BCUT2D eigenvalue weighted by Gasteiger charge is -2.14. The summed E-state index contributed by atoms with van der Waals surface area (Å²) in [7, 11) is 1.66. The number of aromatic nitrogens is 2. The predicted molar refractivity (Wildman–Crippen MR) is 61.2 cm³/mol. The van der Waals surface area contributed by atoms with Crippen molar-refractivity contribution in [1.29, 1.82) is 0 Å². The molecule has 0 saturated heterocycles. The molecule has 1 rings (SSSR count). The number of methoxy groups -OCH3 is 1. The van der Waals surface area contributed by atoms with Crippen LogP contribution in [0.2, 0.25) is 5.15 Å². The van der Waals surface area contributed by atoms with E-state index in [4.69, 9.17) is 16.3 Å². The van der Waals surface area contributed by atoms with Crippen molar-refractivity contribution >= 4 is 11.6 Å². The quantitative estimate of drug-likeness (QED) is 0.743. The normalized spacial score (nSPS) is 12.9. The number of halogens is 1.